The molecule has 0 saturated carbocycles. The number of hydrogen-bond acceptors (Lipinski definition) is 4. The van der Waals surface area contributed by atoms with E-state index in [0.717, 1.165) is 17.7 Å². The van der Waals surface area contributed by atoms with E-state index in [2.05, 4.69) is 26.3 Å². The monoisotopic (exact) mass is 386 g/mol. The summed E-state index contributed by atoms with van der Waals surface area (Å²) in [5.41, 5.74) is 2.76. The highest BCUT2D eigenvalue weighted by molar-refractivity contribution is 9.10. The number of aromatic nitrogens is 2. The minimum Gasteiger partial charge on any atom is -0.375 e. The normalized spacial score (nSPS) is 10.5. The van der Waals surface area contributed by atoms with Crippen molar-refractivity contribution in [1.82, 2.24) is 9.78 Å². The number of benzene rings is 2. The van der Waals surface area contributed by atoms with E-state index < -0.39 is 0 Å². The van der Waals surface area contributed by atoms with Crippen molar-refractivity contribution < 1.29 is 4.92 Å². The minimum atomic E-state index is -0.389. The van der Waals surface area contributed by atoms with Gasteiger partial charge in [-0.2, -0.15) is 5.10 Å². The van der Waals surface area contributed by atoms with Gasteiger partial charge in [0.2, 0.25) is 0 Å². The maximum Gasteiger partial charge on any atom is 0.293 e. The van der Waals surface area contributed by atoms with Crippen molar-refractivity contribution in [2.45, 2.75) is 13.1 Å². The van der Waals surface area contributed by atoms with Crippen LogP contribution in [-0.2, 0) is 13.1 Å². The standard InChI is InChI=1S/C17H15BrN4O2/c18-15-6-7-16(17(10-15)22(23)24)19-11-13-2-4-14(5-3-13)12-21-9-1-8-20-21/h1-10,19H,11-12H2. The molecule has 1 aromatic heterocycles. The fourth-order valence-corrected chi connectivity index (χ4v) is 2.70. The third kappa shape index (κ3) is 3.99. The van der Waals surface area contributed by atoms with E-state index in [1.807, 2.05) is 41.2 Å². The summed E-state index contributed by atoms with van der Waals surface area (Å²) < 4.78 is 2.54. The molecule has 1 heterocycles. The van der Waals surface area contributed by atoms with Gasteiger partial charge in [-0.15, -0.1) is 0 Å². The van der Waals surface area contributed by atoms with Crippen molar-refractivity contribution in [2.24, 2.45) is 0 Å². The molecular formula is C17H15BrN4O2. The van der Waals surface area contributed by atoms with Gasteiger partial charge < -0.3 is 5.32 Å². The largest absolute Gasteiger partial charge is 0.375 e. The molecule has 2 aromatic carbocycles. The molecule has 0 aliphatic rings. The zero-order valence-electron chi connectivity index (χ0n) is 12.7. The van der Waals surface area contributed by atoms with Gasteiger partial charge in [-0.3, -0.25) is 14.8 Å². The van der Waals surface area contributed by atoms with E-state index in [0.29, 0.717) is 16.7 Å². The lowest BCUT2D eigenvalue weighted by molar-refractivity contribution is -0.384. The fraction of sp³-hybridized carbons (Fsp3) is 0.118. The van der Waals surface area contributed by atoms with Gasteiger partial charge in [-0.1, -0.05) is 40.2 Å². The second kappa shape index (κ2) is 7.27. The zero-order chi connectivity index (χ0) is 16.9. The van der Waals surface area contributed by atoms with Crippen molar-refractivity contribution in [2.75, 3.05) is 5.32 Å². The number of anilines is 1. The first-order chi connectivity index (χ1) is 11.6. The van der Waals surface area contributed by atoms with E-state index in [4.69, 9.17) is 0 Å². The third-order valence-electron chi connectivity index (χ3n) is 3.57. The fourth-order valence-electron chi connectivity index (χ4n) is 2.35. The van der Waals surface area contributed by atoms with E-state index in [1.165, 1.54) is 6.07 Å². The highest BCUT2D eigenvalue weighted by Gasteiger charge is 2.13. The van der Waals surface area contributed by atoms with Gasteiger partial charge in [-0.25, -0.2) is 0 Å². The Labute approximate surface area is 147 Å². The number of halogens is 1. The summed E-state index contributed by atoms with van der Waals surface area (Å²) in [5, 5.41) is 18.4. The maximum absolute atomic E-state index is 11.1. The van der Waals surface area contributed by atoms with Crippen LogP contribution in [0.2, 0.25) is 0 Å². The molecule has 122 valence electrons. The number of nitro groups is 1. The van der Waals surface area contributed by atoms with Crippen LogP contribution in [0.3, 0.4) is 0 Å². The Hall–Kier alpha value is -2.67. The molecule has 1 N–H and O–H groups in total. The molecule has 0 radical (unpaired) electrons. The van der Waals surface area contributed by atoms with Crippen LogP contribution in [0.15, 0.2) is 65.4 Å². The number of nitro benzene ring substituents is 1. The molecule has 0 unspecified atom stereocenters. The molecule has 7 heteroatoms. The predicted molar refractivity (Wildman–Crippen MR) is 95.9 cm³/mol. The van der Waals surface area contributed by atoms with Gasteiger partial charge in [0.1, 0.15) is 5.69 Å². The number of hydrogen-bond donors (Lipinski definition) is 1. The summed E-state index contributed by atoms with van der Waals surface area (Å²) in [5.74, 6) is 0. The molecule has 0 aliphatic heterocycles. The topological polar surface area (TPSA) is 73.0 Å². The van der Waals surface area contributed by atoms with Gasteiger partial charge in [0.15, 0.2) is 0 Å². The lowest BCUT2D eigenvalue weighted by Gasteiger charge is -2.09. The Kier molecular flexibility index (Phi) is 4.90. The maximum atomic E-state index is 11.1. The summed E-state index contributed by atoms with van der Waals surface area (Å²) in [7, 11) is 0. The number of nitrogens with one attached hydrogen (secondary N) is 1. The van der Waals surface area contributed by atoms with Crippen molar-refractivity contribution in [3.8, 4) is 0 Å². The first kappa shape index (κ1) is 16.2. The second-order valence-electron chi connectivity index (χ2n) is 5.29. The average molecular weight is 387 g/mol. The van der Waals surface area contributed by atoms with Crippen LogP contribution in [-0.4, -0.2) is 14.7 Å². The number of nitrogens with zero attached hydrogens (tertiary/aromatic N) is 3. The molecule has 0 spiro atoms. The summed E-state index contributed by atoms with van der Waals surface area (Å²) >= 11 is 3.25. The summed E-state index contributed by atoms with van der Waals surface area (Å²) in [6, 6.07) is 15.0. The molecule has 0 fully saturated rings. The molecule has 0 saturated heterocycles. The molecule has 24 heavy (non-hydrogen) atoms. The van der Waals surface area contributed by atoms with E-state index in [-0.39, 0.29) is 10.6 Å². The van der Waals surface area contributed by atoms with Crippen molar-refractivity contribution in [3.63, 3.8) is 0 Å². The van der Waals surface area contributed by atoms with Crippen LogP contribution in [0, 0.1) is 10.1 Å². The van der Waals surface area contributed by atoms with E-state index >= 15 is 0 Å². The van der Waals surface area contributed by atoms with Crippen LogP contribution in [0.5, 0.6) is 0 Å². The number of rotatable bonds is 6. The SMILES string of the molecule is O=[N+]([O-])c1cc(Br)ccc1NCc1ccc(Cn2cccn2)cc1. The lowest BCUT2D eigenvalue weighted by atomic mass is 10.1. The van der Waals surface area contributed by atoms with Gasteiger partial charge >= 0.3 is 0 Å². The Morgan fingerprint density at radius 2 is 1.92 bits per heavy atom. The Morgan fingerprint density at radius 3 is 2.58 bits per heavy atom. The summed E-state index contributed by atoms with van der Waals surface area (Å²) in [4.78, 5) is 10.7. The molecule has 0 atom stereocenters. The zero-order valence-corrected chi connectivity index (χ0v) is 14.3. The quantitative estimate of drug-likeness (QED) is 0.508. The van der Waals surface area contributed by atoms with Gasteiger partial charge in [0, 0.05) is 29.5 Å². The molecule has 6 nitrogen and oxygen atoms in total. The van der Waals surface area contributed by atoms with Gasteiger partial charge in [0.05, 0.1) is 11.5 Å². The molecular weight excluding hydrogens is 372 g/mol. The Bertz CT molecular complexity index is 832. The lowest BCUT2D eigenvalue weighted by Crippen LogP contribution is -2.03. The predicted octanol–water partition coefficient (Wildman–Crippen LogP) is 4.21. The molecule has 3 rings (SSSR count). The van der Waals surface area contributed by atoms with Gasteiger partial charge in [-0.05, 0) is 29.3 Å². The van der Waals surface area contributed by atoms with Crippen molar-refractivity contribution in [1.29, 1.82) is 0 Å². The molecule has 3 aromatic rings. The minimum absolute atomic E-state index is 0.0553. The van der Waals surface area contributed by atoms with Gasteiger partial charge in [0.25, 0.3) is 5.69 Å². The van der Waals surface area contributed by atoms with Crippen molar-refractivity contribution >= 4 is 27.3 Å². The van der Waals surface area contributed by atoms with Crippen molar-refractivity contribution in [3.05, 3.63) is 86.6 Å². The van der Waals surface area contributed by atoms with E-state index in [1.54, 1.807) is 18.3 Å². The summed E-state index contributed by atoms with van der Waals surface area (Å²) in [6.07, 6.45) is 3.67. The van der Waals surface area contributed by atoms with E-state index in [9.17, 15) is 10.1 Å². The first-order valence-corrected chi connectivity index (χ1v) is 8.14. The third-order valence-corrected chi connectivity index (χ3v) is 4.06. The Morgan fingerprint density at radius 1 is 1.17 bits per heavy atom. The smallest absolute Gasteiger partial charge is 0.293 e. The average Bonchev–Trinajstić information content (AvgIpc) is 3.08. The Balaban J connectivity index is 1.66. The highest BCUT2D eigenvalue weighted by Crippen LogP contribution is 2.28. The molecule has 0 aliphatic carbocycles. The molecule has 0 amide bonds. The van der Waals surface area contributed by atoms with Crippen LogP contribution in [0.1, 0.15) is 11.1 Å². The van der Waals surface area contributed by atoms with Crippen LogP contribution >= 0.6 is 15.9 Å². The van der Waals surface area contributed by atoms with Crippen LogP contribution in [0.4, 0.5) is 11.4 Å². The van der Waals surface area contributed by atoms with Crippen LogP contribution in [0.25, 0.3) is 0 Å². The molecule has 0 bridgehead atoms. The highest BCUT2D eigenvalue weighted by atomic mass is 79.9. The summed E-state index contributed by atoms with van der Waals surface area (Å²) in [6.45, 7) is 1.24. The van der Waals surface area contributed by atoms with Crippen LogP contribution < -0.4 is 5.32 Å². The first-order valence-electron chi connectivity index (χ1n) is 7.35. The second-order valence-corrected chi connectivity index (χ2v) is 6.21.